The topological polar surface area (TPSA) is 65.3 Å². The summed E-state index contributed by atoms with van der Waals surface area (Å²) in [6.07, 6.45) is 1.11. The van der Waals surface area contributed by atoms with Crippen LogP contribution in [0.4, 0.5) is 10.1 Å². The van der Waals surface area contributed by atoms with Crippen LogP contribution in [-0.4, -0.2) is 9.91 Å². The van der Waals surface area contributed by atoms with Crippen LogP contribution in [0, 0.1) is 22.9 Å². The number of hydrogen-bond acceptors (Lipinski definition) is 4. The van der Waals surface area contributed by atoms with Crippen molar-refractivity contribution in [3.05, 3.63) is 56.4 Å². The summed E-state index contributed by atoms with van der Waals surface area (Å²) in [5.41, 5.74) is 0.416. The fraction of sp³-hybridized carbons (Fsp3) is 0.0833. The van der Waals surface area contributed by atoms with Gasteiger partial charge in [0.1, 0.15) is 17.8 Å². The van der Waals surface area contributed by atoms with Gasteiger partial charge in [0.25, 0.3) is 5.69 Å². The van der Waals surface area contributed by atoms with E-state index in [9.17, 15) is 14.5 Å². The molecule has 19 heavy (non-hydrogen) atoms. The number of hydrogen-bond donors (Lipinski definition) is 0. The molecule has 1 aromatic heterocycles. The maximum atomic E-state index is 13.1. The Labute approximate surface area is 116 Å². The molecule has 0 aliphatic heterocycles. The van der Waals surface area contributed by atoms with Crippen LogP contribution in [0.1, 0.15) is 5.56 Å². The highest BCUT2D eigenvalue weighted by Gasteiger charge is 2.11. The molecule has 0 saturated carbocycles. The summed E-state index contributed by atoms with van der Waals surface area (Å²) < 4.78 is 18.8. The van der Waals surface area contributed by atoms with E-state index in [0.717, 1.165) is 6.20 Å². The molecular formula is C12H8BrFN2O3. The normalized spacial score (nSPS) is 10.3. The van der Waals surface area contributed by atoms with Gasteiger partial charge < -0.3 is 4.74 Å². The number of halogens is 2. The predicted octanol–water partition coefficient (Wildman–Crippen LogP) is 3.99. The summed E-state index contributed by atoms with van der Waals surface area (Å²) in [5.74, 6) is 0.225. The van der Waals surface area contributed by atoms with E-state index in [0.29, 0.717) is 11.3 Å². The van der Waals surface area contributed by atoms with Crippen molar-refractivity contribution < 1.29 is 14.1 Å². The smallest absolute Gasteiger partial charge is 0.288 e. The first-order valence-electron chi connectivity index (χ1n) is 5.21. The second-order valence-corrected chi connectivity index (χ2v) is 4.60. The van der Waals surface area contributed by atoms with Crippen molar-refractivity contribution in [2.24, 2.45) is 0 Å². The number of pyridine rings is 1. The average Bonchev–Trinajstić information content (AvgIpc) is 2.36. The molecule has 0 radical (unpaired) electrons. The number of nitrogens with zero attached hydrogens (tertiary/aromatic N) is 2. The van der Waals surface area contributed by atoms with E-state index in [1.807, 2.05) is 0 Å². The van der Waals surface area contributed by atoms with Gasteiger partial charge in [0.15, 0.2) is 0 Å². The highest BCUT2D eigenvalue weighted by molar-refractivity contribution is 9.10. The minimum atomic E-state index is -0.530. The van der Waals surface area contributed by atoms with Crippen molar-refractivity contribution in [2.45, 2.75) is 6.92 Å². The minimum absolute atomic E-state index is 0.106. The van der Waals surface area contributed by atoms with E-state index in [-0.39, 0.29) is 16.0 Å². The zero-order valence-corrected chi connectivity index (χ0v) is 11.3. The van der Waals surface area contributed by atoms with E-state index in [1.54, 1.807) is 6.92 Å². The Morgan fingerprint density at radius 2 is 2.16 bits per heavy atom. The van der Waals surface area contributed by atoms with Crippen molar-refractivity contribution >= 4 is 21.6 Å². The lowest BCUT2D eigenvalue weighted by Crippen LogP contribution is -1.95. The van der Waals surface area contributed by atoms with Crippen molar-refractivity contribution in [3.63, 3.8) is 0 Å². The predicted molar refractivity (Wildman–Crippen MR) is 69.8 cm³/mol. The molecule has 0 atom stereocenters. The molecule has 0 N–H and O–H groups in total. The molecule has 0 aliphatic carbocycles. The second-order valence-electron chi connectivity index (χ2n) is 3.75. The Balaban J connectivity index is 2.28. The summed E-state index contributed by atoms with van der Waals surface area (Å²) in [5, 5.41) is 10.6. The number of aromatic nitrogens is 1. The number of nitro groups is 1. The Hall–Kier alpha value is -2.02. The van der Waals surface area contributed by atoms with E-state index in [4.69, 9.17) is 4.74 Å². The first-order chi connectivity index (χ1) is 8.97. The fourth-order valence-corrected chi connectivity index (χ4v) is 1.76. The fourth-order valence-electron chi connectivity index (χ4n) is 1.41. The molecule has 0 amide bonds. The number of benzene rings is 1. The summed E-state index contributed by atoms with van der Waals surface area (Å²) in [6.45, 7) is 1.65. The third-order valence-corrected chi connectivity index (χ3v) is 2.94. The summed E-state index contributed by atoms with van der Waals surface area (Å²) in [4.78, 5) is 13.9. The molecule has 2 aromatic rings. The van der Waals surface area contributed by atoms with Crippen molar-refractivity contribution in [2.75, 3.05) is 0 Å². The number of aryl methyl sites for hydroxylation is 1. The molecule has 0 fully saturated rings. The quantitative estimate of drug-likeness (QED) is 0.631. The third-order valence-electron chi connectivity index (χ3n) is 2.33. The highest BCUT2D eigenvalue weighted by atomic mass is 79.9. The van der Waals surface area contributed by atoms with E-state index in [1.165, 1.54) is 24.3 Å². The van der Waals surface area contributed by atoms with Crippen LogP contribution in [0.3, 0.4) is 0 Å². The van der Waals surface area contributed by atoms with Gasteiger partial charge in [0.2, 0.25) is 5.88 Å². The molecular weight excluding hydrogens is 319 g/mol. The molecule has 0 unspecified atom stereocenters. The third kappa shape index (κ3) is 3.05. The van der Waals surface area contributed by atoms with Gasteiger partial charge in [-0.3, -0.25) is 10.1 Å². The minimum Gasteiger partial charge on any atom is -0.439 e. The van der Waals surface area contributed by atoms with Gasteiger partial charge in [-0.15, -0.1) is 0 Å². The van der Waals surface area contributed by atoms with Crippen molar-refractivity contribution in [1.29, 1.82) is 0 Å². The van der Waals surface area contributed by atoms with E-state index < -0.39 is 10.7 Å². The zero-order chi connectivity index (χ0) is 14.0. The average molecular weight is 327 g/mol. The first-order valence-corrected chi connectivity index (χ1v) is 6.00. The van der Waals surface area contributed by atoms with Gasteiger partial charge in [0, 0.05) is 11.6 Å². The number of rotatable bonds is 3. The molecule has 0 aliphatic rings. The van der Waals surface area contributed by atoms with Gasteiger partial charge in [-0.1, -0.05) is 0 Å². The van der Waals surface area contributed by atoms with Crippen LogP contribution in [-0.2, 0) is 0 Å². The van der Waals surface area contributed by atoms with Gasteiger partial charge >= 0.3 is 0 Å². The van der Waals surface area contributed by atoms with Crippen LogP contribution in [0.25, 0.3) is 0 Å². The van der Waals surface area contributed by atoms with Gasteiger partial charge in [0.05, 0.1) is 9.40 Å². The lowest BCUT2D eigenvalue weighted by molar-refractivity contribution is -0.385. The number of ether oxygens (including phenoxy) is 1. The Bertz CT molecular complexity index is 649. The zero-order valence-electron chi connectivity index (χ0n) is 9.76. The van der Waals surface area contributed by atoms with Gasteiger partial charge in [-0.2, -0.15) is 0 Å². The first kappa shape index (κ1) is 13.4. The molecule has 0 bridgehead atoms. The monoisotopic (exact) mass is 326 g/mol. The Morgan fingerprint density at radius 3 is 2.74 bits per heavy atom. The second kappa shape index (κ2) is 5.31. The summed E-state index contributed by atoms with van der Waals surface area (Å²) in [7, 11) is 0. The van der Waals surface area contributed by atoms with Crippen LogP contribution in [0.2, 0.25) is 0 Å². The Morgan fingerprint density at radius 1 is 1.42 bits per heavy atom. The van der Waals surface area contributed by atoms with Crippen LogP contribution < -0.4 is 4.74 Å². The molecule has 0 spiro atoms. The molecule has 1 heterocycles. The molecule has 5 nitrogen and oxygen atoms in total. The molecule has 7 heteroatoms. The van der Waals surface area contributed by atoms with Crippen LogP contribution >= 0.6 is 15.9 Å². The summed E-state index contributed by atoms with van der Waals surface area (Å²) >= 11 is 3.04. The highest BCUT2D eigenvalue weighted by Crippen LogP contribution is 2.28. The molecule has 2 rings (SSSR count). The van der Waals surface area contributed by atoms with Gasteiger partial charge in [-0.05, 0) is 41.1 Å². The molecule has 0 saturated heterocycles. The van der Waals surface area contributed by atoms with Crippen LogP contribution in [0.15, 0.2) is 34.9 Å². The molecule has 1 aromatic carbocycles. The van der Waals surface area contributed by atoms with Gasteiger partial charge in [-0.25, -0.2) is 9.37 Å². The van der Waals surface area contributed by atoms with Crippen molar-refractivity contribution in [3.8, 4) is 11.6 Å². The standard InChI is InChI=1S/C12H8BrFN2O3/c1-7-4-8(16(17)18)6-15-12(7)19-9-2-3-11(14)10(13)5-9/h2-6H,1H3. The maximum Gasteiger partial charge on any atom is 0.288 e. The SMILES string of the molecule is Cc1cc([N+](=O)[O-])cnc1Oc1ccc(F)c(Br)c1. The van der Waals surface area contributed by atoms with E-state index in [2.05, 4.69) is 20.9 Å². The largest absolute Gasteiger partial charge is 0.439 e. The Kier molecular flexibility index (Phi) is 3.75. The lowest BCUT2D eigenvalue weighted by atomic mass is 10.3. The van der Waals surface area contributed by atoms with Crippen molar-refractivity contribution in [1.82, 2.24) is 4.98 Å². The molecule has 98 valence electrons. The van der Waals surface area contributed by atoms with E-state index >= 15 is 0 Å². The van der Waals surface area contributed by atoms with Crippen LogP contribution in [0.5, 0.6) is 11.6 Å². The summed E-state index contributed by atoms with van der Waals surface area (Å²) in [6, 6.07) is 5.52. The lowest BCUT2D eigenvalue weighted by Gasteiger charge is -2.07. The maximum absolute atomic E-state index is 13.1.